The molecule has 0 bridgehead atoms. The van der Waals surface area contributed by atoms with Gasteiger partial charge in [0, 0.05) is 5.02 Å². The number of rotatable bonds is 2. The molecule has 1 aromatic rings. The van der Waals surface area contributed by atoms with Crippen molar-refractivity contribution in [1.82, 2.24) is 0 Å². The lowest BCUT2D eigenvalue weighted by molar-refractivity contribution is -0.210. The van der Waals surface area contributed by atoms with Crippen LogP contribution in [0.1, 0.15) is 17.2 Å². The van der Waals surface area contributed by atoms with E-state index < -0.39 is 40.6 Å². The summed E-state index contributed by atoms with van der Waals surface area (Å²) in [5.41, 5.74) is 3.32. The Hall–Kier alpha value is -0.990. The molecule has 2 atom stereocenters. The average molecular weight is 308 g/mol. The van der Waals surface area contributed by atoms with E-state index in [0.717, 1.165) is 6.07 Å². The first-order valence-corrected chi connectivity index (χ1v) is 5.19. The molecule has 0 heterocycles. The highest BCUT2D eigenvalue weighted by atomic mass is 35.5. The van der Waals surface area contributed by atoms with Crippen LogP contribution in [0.2, 0.25) is 5.02 Å². The Labute approximate surface area is 108 Å². The molecule has 0 unspecified atom stereocenters. The van der Waals surface area contributed by atoms with Gasteiger partial charge >= 0.3 is 12.4 Å². The van der Waals surface area contributed by atoms with Crippen molar-refractivity contribution in [2.45, 2.75) is 24.5 Å². The Morgan fingerprint density at radius 2 is 1.58 bits per heavy atom. The monoisotopic (exact) mass is 307 g/mol. The summed E-state index contributed by atoms with van der Waals surface area (Å²) in [7, 11) is 0. The van der Waals surface area contributed by atoms with Crippen LogP contribution in [0.25, 0.3) is 0 Å². The topological polar surface area (TPSA) is 46.2 Å². The Morgan fingerprint density at radius 3 is 2.00 bits per heavy atom. The maximum atomic E-state index is 12.5. The van der Waals surface area contributed by atoms with E-state index in [1.807, 2.05) is 0 Å². The van der Waals surface area contributed by atoms with Gasteiger partial charge in [0.1, 0.15) is 0 Å². The first-order valence-electron chi connectivity index (χ1n) is 4.81. The lowest BCUT2D eigenvalue weighted by Crippen LogP contribution is -2.38. The van der Waals surface area contributed by atoms with Crippen molar-refractivity contribution >= 4 is 11.6 Å². The standard InChI is InChI=1S/C10H8ClF6NO/c11-6-2-4(1-5(3-6)9(12,13)14)7(18)8(19)10(15,16)17/h1-3,7-8,19H,18H2/t7-,8-/m0/s1. The van der Waals surface area contributed by atoms with E-state index in [1.165, 1.54) is 0 Å². The number of benzene rings is 1. The Balaban J connectivity index is 3.18. The van der Waals surface area contributed by atoms with Crippen molar-refractivity contribution in [3.63, 3.8) is 0 Å². The predicted molar refractivity (Wildman–Crippen MR) is 55.4 cm³/mol. The molecule has 0 saturated carbocycles. The summed E-state index contributed by atoms with van der Waals surface area (Å²) >= 11 is 5.40. The van der Waals surface area contributed by atoms with Crippen LogP contribution in [0.5, 0.6) is 0 Å². The zero-order valence-corrected chi connectivity index (χ0v) is 9.81. The second-order valence-electron chi connectivity index (χ2n) is 3.78. The first-order chi connectivity index (χ1) is 8.43. The average Bonchev–Trinajstić information content (AvgIpc) is 2.23. The number of hydrogen-bond donors (Lipinski definition) is 2. The molecule has 0 aromatic heterocycles. The van der Waals surface area contributed by atoms with Gasteiger partial charge in [-0.3, -0.25) is 0 Å². The molecule has 1 rings (SSSR count). The summed E-state index contributed by atoms with van der Waals surface area (Å²) in [5, 5.41) is 8.50. The van der Waals surface area contributed by atoms with Gasteiger partial charge in [-0.1, -0.05) is 11.6 Å². The van der Waals surface area contributed by atoms with Gasteiger partial charge < -0.3 is 10.8 Å². The van der Waals surface area contributed by atoms with Crippen LogP contribution in [0, 0.1) is 0 Å². The van der Waals surface area contributed by atoms with Crippen molar-refractivity contribution in [1.29, 1.82) is 0 Å². The van der Waals surface area contributed by atoms with Gasteiger partial charge in [0.25, 0.3) is 0 Å². The Morgan fingerprint density at radius 1 is 1.05 bits per heavy atom. The van der Waals surface area contributed by atoms with Crippen LogP contribution in [-0.2, 0) is 6.18 Å². The van der Waals surface area contributed by atoms with Gasteiger partial charge in [0.2, 0.25) is 0 Å². The van der Waals surface area contributed by atoms with Crippen molar-refractivity contribution < 1.29 is 31.4 Å². The maximum Gasteiger partial charge on any atom is 0.416 e. The molecule has 0 aliphatic heterocycles. The molecule has 19 heavy (non-hydrogen) atoms. The van der Waals surface area contributed by atoms with Crippen molar-refractivity contribution in [3.05, 3.63) is 34.3 Å². The number of halogens is 7. The van der Waals surface area contributed by atoms with Gasteiger partial charge in [0.15, 0.2) is 6.10 Å². The van der Waals surface area contributed by atoms with Crippen molar-refractivity contribution in [2.24, 2.45) is 5.73 Å². The van der Waals surface area contributed by atoms with E-state index in [4.69, 9.17) is 22.4 Å². The Bertz CT molecular complexity index is 458. The largest absolute Gasteiger partial charge is 0.416 e. The molecular weight excluding hydrogens is 300 g/mol. The highest BCUT2D eigenvalue weighted by Gasteiger charge is 2.43. The van der Waals surface area contributed by atoms with Crippen LogP contribution in [0.15, 0.2) is 18.2 Å². The summed E-state index contributed by atoms with van der Waals surface area (Å²) in [4.78, 5) is 0. The third kappa shape index (κ3) is 3.99. The molecule has 0 radical (unpaired) electrons. The Kier molecular flexibility index (Phi) is 4.38. The minimum absolute atomic E-state index is 0.422. The predicted octanol–water partition coefficient (Wildman–Crippen LogP) is 3.28. The fraction of sp³-hybridized carbons (Fsp3) is 0.400. The molecule has 9 heteroatoms. The molecule has 0 aliphatic rings. The zero-order valence-electron chi connectivity index (χ0n) is 9.06. The van der Waals surface area contributed by atoms with E-state index in [2.05, 4.69) is 0 Å². The second kappa shape index (κ2) is 5.18. The quantitative estimate of drug-likeness (QED) is 0.824. The summed E-state index contributed by atoms with van der Waals surface area (Å²) in [6.07, 6.45) is -12.8. The summed E-state index contributed by atoms with van der Waals surface area (Å²) in [5.74, 6) is 0. The SMILES string of the molecule is N[C@@H](c1cc(Cl)cc(C(F)(F)F)c1)[C@H](O)C(F)(F)F. The molecule has 2 nitrogen and oxygen atoms in total. The molecule has 0 saturated heterocycles. The van der Waals surface area contributed by atoms with Crippen LogP contribution in [0.4, 0.5) is 26.3 Å². The van der Waals surface area contributed by atoms with Crippen LogP contribution in [-0.4, -0.2) is 17.4 Å². The van der Waals surface area contributed by atoms with E-state index in [0.29, 0.717) is 12.1 Å². The number of aliphatic hydroxyl groups is 1. The fourth-order valence-electron chi connectivity index (χ4n) is 1.35. The maximum absolute atomic E-state index is 12.5. The fourth-order valence-corrected chi connectivity index (χ4v) is 1.60. The molecule has 0 fully saturated rings. The minimum Gasteiger partial charge on any atom is -0.382 e. The smallest absolute Gasteiger partial charge is 0.382 e. The summed E-state index contributed by atoms with van der Waals surface area (Å²) in [6, 6.07) is -0.237. The van der Waals surface area contributed by atoms with E-state index >= 15 is 0 Å². The van der Waals surface area contributed by atoms with E-state index in [1.54, 1.807) is 0 Å². The second-order valence-corrected chi connectivity index (χ2v) is 4.22. The van der Waals surface area contributed by atoms with Crippen LogP contribution in [0.3, 0.4) is 0 Å². The summed E-state index contributed by atoms with van der Waals surface area (Å²) < 4.78 is 74.1. The molecule has 1 aromatic carbocycles. The minimum atomic E-state index is -5.04. The van der Waals surface area contributed by atoms with Gasteiger partial charge in [0.05, 0.1) is 11.6 Å². The van der Waals surface area contributed by atoms with Gasteiger partial charge in [-0.2, -0.15) is 26.3 Å². The summed E-state index contributed by atoms with van der Waals surface area (Å²) in [6.45, 7) is 0. The molecule has 3 N–H and O–H groups in total. The van der Waals surface area contributed by atoms with Gasteiger partial charge in [-0.25, -0.2) is 0 Å². The third-order valence-electron chi connectivity index (χ3n) is 2.31. The third-order valence-corrected chi connectivity index (χ3v) is 2.53. The van der Waals surface area contributed by atoms with Crippen molar-refractivity contribution in [2.75, 3.05) is 0 Å². The molecule has 0 aliphatic carbocycles. The zero-order chi connectivity index (χ0) is 15.0. The lowest BCUT2D eigenvalue weighted by Gasteiger charge is -2.22. The first kappa shape index (κ1) is 16.1. The molecule has 0 amide bonds. The molecule has 0 spiro atoms. The van der Waals surface area contributed by atoms with Gasteiger partial charge in [-0.15, -0.1) is 0 Å². The number of aliphatic hydroxyl groups excluding tert-OH is 1. The molecule has 108 valence electrons. The highest BCUT2D eigenvalue weighted by molar-refractivity contribution is 6.30. The van der Waals surface area contributed by atoms with Crippen molar-refractivity contribution in [3.8, 4) is 0 Å². The number of hydrogen-bond acceptors (Lipinski definition) is 2. The van der Waals surface area contributed by atoms with E-state index in [-0.39, 0.29) is 0 Å². The molecular formula is C10H8ClF6NO. The lowest BCUT2D eigenvalue weighted by atomic mass is 9.99. The highest BCUT2D eigenvalue weighted by Crippen LogP contribution is 2.35. The number of nitrogens with two attached hydrogens (primary N) is 1. The normalized spacial score (nSPS) is 16.3. The van der Waals surface area contributed by atoms with Gasteiger partial charge in [-0.05, 0) is 23.8 Å². The van der Waals surface area contributed by atoms with E-state index in [9.17, 15) is 26.3 Å². The van der Waals surface area contributed by atoms with Crippen LogP contribution < -0.4 is 5.73 Å². The number of alkyl halides is 6. The van der Waals surface area contributed by atoms with Crippen LogP contribution >= 0.6 is 11.6 Å².